The lowest BCUT2D eigenvalue weighted by atomic mass is 9.99. The Labute approximate surface area is 124 Å². The molecule has 0 aliphatic carbocycles. The van der Waals surface area contributed by atoms with E-state index in [-0.39, 0.29) is 26.1 Å². The zero-order valence-electron chi connectivity index (χ0n) is 11.5. The molecule has 0 bridgehead atoms. The minimum absolute atomic E-state index is 0.210. The van der Waals surface area contributed by atoms with Crippen LogP contribution in [-0.4, -0.2) is 68.7 Å². The molecule has 2 heterocycles. The van der Waals surface area contributed by atoms with Crippen LogP contribution in [0, 0.1) is 0 Å². The molecule has 10 heteroatoms. The lowest BCUT2D eigenvalue weighted by Gasteiger charge is -2.14. The zero-order chi connectivity index (χ0) is 17.0. The first-order valence-corrected chi connectivity index (χ1v) is 6.23. The van der Waals surface area contributed by atoms with E-state index in [4.69, 9.17) is 10.2 Å². The van der Waals surface area contributed by atoms with Crippen molar-refractivity contribution < 1.29 is 49.1 Å². The van der Waals surface area contributed by atoms with Gasteiger partial charge in [-0.1, -0.05) is 0 Å². The van der Waals surface area contributed by atoms with E-state index in [1.807, 2.05) is 0 Å². The van der Waals surface area contributed by atoms with Crippen molar-refractivity contribution >= 4 is 23.9 Å². The fourth-order valence-electron chi connectivity index (χ4n) is 1.96. The summed E-state index contributed by atoms with van der Waals surface area (Å²) in [5, 5.41) is 35.2. The Hall–Kier alpha value is -2.20. The molecule has 0 aromatic carbocycles. The van der Waals surface area contributed by atoms with Crippen LogP contribution in [-0.2, 0) is 28.7 Å². The van der Waals surface area contributed by atoms with Crippen LogP contribution in [0.4, 0.5) is 0 Å². The largest absolute Gasteiger partial charge is 0.481 e. The third-order valence-electron chi connectivity index (χ3n) is 2.91. The molecule has 2 aliphatic heterocycles. The Kier molecular flexibility index (Phi) is 5.44. The molecule has 2 unspecified atom stereocenters. The van der Waals surface area contributed by atoms with Gasteiger partial charge in [0.25, 0.3) is 0 Å². The van der Waals surface area contributed by atoms with Crippen LogP contribution in [0.3, 0.4) is 0 Å². The topological polar surface area (TPSA) is 168 Å². The molecule has 0 radical (unpaired) electrons. The maximum atomic E-state index is 10.5. The highest BCUT2D eigenvalue weighted by atomic mass is 16.6. The van der Waals surface area contributed by atoms with Gasteiger partial charge in [-0.2, -0.15) is 0 Å². The van der Waals surface area contributed by atoms with Crippen LogP contribution >= 0.6 is 0 Å². The SMILES string of the molecule is O=C(O)CC1(O)COC(=O)C1.O=C(O)CC1(O)COC(=O)C1. The summed E-state index contributed by atoms with van der Waals surface area (Å²) in [6, 6.07) is 0. The Bertz CT molecular complexity index is 442. The Balaban J connectivity index is 0.000000220. The number of hydrogen-bond acceptors (Lipinski definition) is 8. The van der Waals surface area contributed by atoms with Crippen molar-refractivity contribution in [1.29, 1.82) is 0 Å². The summed E-state index contributed by atoms with van der Waals surface area (Å²) in [6.45, 7) is -0.420. The molecule has 10 nitrogen and oxygen atoms in total. The molecule has 2 aliphatic rings. The van der Waals surface area contributed by atoms with E-state index in [9.17, 15) is 29.4 Å². The molecule has 2 atom stereocenters. The number of ether oxygens (including phenoxy) is 2. The van der Waals surface area contributed by atoms with Crippen molar-refractivity contribution in [3.05, 3.63) is 0 Å². The monoisotopic (exact) mass is 320 g/mol. The van der Waals surface area contributed by atoms with Crippen molar-refractivity contribution in [3.63, 3.8) is 0 Å². The molecule has 0 amide bonds. The van der Waals surface area contributed by atoms with Crippen LogP contribution in [0.15, 0.2) is 0 Å². The minimum Gasteiger partial charge on any atom is -0.481 e. The summed E-state index contributed by atoms with van der Waals surface area (Å²) in [7, 11) is 0. The molecular formula is C12H16O10. The highest BCUT2D eigenvalue weighted by Crippen LogP contribution is 2.23. The average molecular weight is 320 g/mol. The number of carbonyl (C=O) groups is 4. The second-order valence-corrected chi connectivity index (χ2v) is 5.26. The number of carboxylic acid groups (broad SMARTS) is 2. The molecule has 0 spiro atoms. The molecule has 2 fully saturated rings. The summed E-state index contributed by atoms with van der Waals surface area (Å²) in [5.41, 5.74) is -2.97. The van der Waals surface area contributed by atoms with E-state index in [0.717, 1.165) is 0 Å². The highest BCUT2D eigenvalue weighted by Gasteiger charge is 2.41. The number of carbonyl (C=O) groups excluding carboxylic acids is 2. The maximum absolute atomic E-state index is 10.5. The molecule has 22 heavy (non-hydrogen) atoms. The second-order valence-electron chi connectivity index (χ2n) is 5.26. The highest BCUT2D eigenvalue weighted by molar-refractivity contribution is 5.76. The molecule has 0 aromatic rings. The summed E-state index contributed by atoms with van der Waals surface area (Å²) >= 11 is 0. The lowest BCUT2D eigenvalue weighted by Crippen LogP contribution is -2.32. The van der Waals surface area contributed by atoms with Crippen molar-refractivity contribution in [3.8, 4) is 0 Å². The van der Waals surface area contributed by atoms with Gasteiger partial charge >= 0.3 is 23.9 Å². The van der Waals surface area contributed by atoms with Gasteiger partial charge in [-0.15, -0.1) is 0 Å². The fraction of sp³-hybridized carbons (Fsp3) is 0.667. The quantitative estimate of drug-likeness (QED) is 0.437. The van der Waals surface area contributed by atoms with Crippen LogP contribution in [0.25, 0.3) is 0 Å². The van der Waals surface area contributed by atoms with Crippen LogP contribution in [0.2, 0.25) is 0 Å². The van der Waals surface area contributed by atoms with Crippen LogP contribution in [0.5, 0.6) is 0 Å². The average Bonchev–Trinajstić information content (AvgIpc) is 2.81. The molecule has 4 N–H and O–H groups in total. The van der Waals surface area contributed by atoms with E-state index in [0.29, 0.717) is 0 Å². The predicted octanol–water partition coefficient (Wildman–Crippen LogP) is -1.72. The van der Waals surface area contributed by atoms with E-state index in [1.54, 1.807) is 0 Å². The van der Waals surface area contributed by atoms with Crippen LogP contribution < -0.4 is 0 Å². The van der Waals surface area contributed by atoms with Gasteiger partial charge in [0.15, 0.2) is 0 Å². The number of cyclic esters (lactones) is 2. The van der Waals surface area contributed by atoms with E-state index in [2.05, 4.69) is 9.47 Å². The summed E-state index contributed by atoms with van der Waals surface area (Å²) in [6.07, 6.45) is -1.34. The predicted molar refractivity (Wildman–Crippen MR) is 65.6 cm³/mol. The van der Waals surface area contributed by atoms with E-state index in [1.165, 1.54) is 0 Å². The number of hydrogen-bond donors (Lipinski definition) is 4. The molecule has 2 saturated heterocycles. The van der Waals surface area contributed by atoms with Crippen molar-refractivity contribution in [2.45, 2.75) is 36.9 Å². The van der Waals surface area contributed by atoms with E-state index >= 15 is 0 Å². The molecule has 2 rings (SSSR count). The summed E-state index contributed by atoms with van der Waals surface area (Å²) in [4.78, 5) is 41.2. The first-order chi connectivity index (χ1) is 10.0. The van der Waals surface area contributed by atoms with Crippen molar-refractivity contribution in [2.24, 2.45) is 0 Å². The van der Waals surface area contributed by atoms with Gasteiger partial charge in [0.05, 0.1) is 25.7 Å². The summed E-state index contributed by atoms with van der Waals surface area (Å²) < 4.78 is 8.83. The number of aliphatic hydroxyl groups is 2. The van der Waals surface area contributed by atoms with Crippen LogP contribution in [0.1, 0.15) is 25.7 Å². The third-order valence-corrected chi connectivity index (χ3v) is 2.91. The maximum Gasteiger partial charge on any atom is 0.308 e. The van der Waals surface area contributed by atoms with Gasteiger partial charge in [-0.25, -0.2) is 0 Å². The zero-order valence-corrected chi connectivity index (χ0v) is 11.5. The second kappa shape index (κ2) is 6.71. The van der Waals surface area contributed by atoms with Gasteiger partial charge in [0.2, 0.25) is 0 Å². The standard InChI is InChI=1S/2C6H8O5/c2*7-4(8)1-6(10)2-5(9)11-3-6/h2*10H,1-3H2,(H,7,8). The normalized spacial score (nSPS) is 30.1. The molecular weight excluding hydrogens is 304 g/mol. The lowest BCUT2D eigenvalue weighted by molar-refractivity contribution is -0.143. The van der Waals surface area contributed by atoms with Gasteiger partial charge in [-0.3, -0.25) is 19.2 Å². The van der Waals surface area contributed by atoms with Gasteiger partial charge in [0.1, 0.15) is 24.4 Å². The molecule has 124 valence electrons. The Morgan fingerprint density at radius 2 is 1.18 bits per heavy atom. The molecule has 0 saturated carbocycles. The summed E-state index contributed by atoms with van der Waals surface area (Å²) in [5.74, 6) is -3.36. The number of rotatable bonds is 4. The Morgan fingerprint density at radius 1 is 0.864 bits per heavy atom. The first-order valence-electron chi connectivity index (χ1n) is 6.23. The van der Waals surface area contributed by atoms with Crippen molar-refractivity contribution in [1.82, 2.24) is 0 Å². The third kappa shape index (κ3) is 5.66. The van der Waals surface area contributed by atoms with Gasteiger partial charge in [-0.05, 0) is 0 Å². The molecule has 0 aromatic heterocycles. The van der Waals surface area contributed by atoms with Gasteiger partial charge in [0, 0.05) is 0 Å². The number of esters is 2. The van der Waals surface area contributed by atoms with Crippen molar-refractivity contribution in [2.75, 3.05) is 13.2 Å². The fourth-order valence-corrected chi connectivity index (χ4v) is 1.96. The smallest absolute Gasteiger partial charge is 0.308 e. The minimum atomic E-state index is -1.48. The van der Waals surface area contributed by atoms with E-state index < -0.39 is 47.9 Å². The Morgan fingerprint density at radius 3 is 1.36 bits per heavy atom. The van der Waals surface area contributed by atoms with Gasteiger partial charge < -0.3 is 29.9 Å². The number of aliphatic carboxylic acids is 2. The number of carboxylic acids is 2. The first kappa shape index (κ1) is 17.9.